The molecule has 35 heavy (non-hydrogen) atoms. The highest BCUT2D eigenvalue weighted by Gasteiger charge is 2.40. The van der Waals surface area contributed by atoms with Crippen LogP contribution in [0.5, 0.6) is 11.5 Å². The number of halogens is 7. The Morgan fingerprint density at radius 2 is 1.51 bits per heavy atom. The zero-order valence-corrected chi connectivity index (χ0v) is 18.7. The van der Waals surface area contributed by atoms with Crippen LogP contribution in [0.2, 0.25) is 0 Å². The lowest BCUT2D eigenvalue weighted by Gasteiger charge is -2.34. The van der Waals surface area contributed by atoms with Crippen molar-refractivity contribution in [3.8, 4) is 11.5 Å². The molecule has 0 aliphatic heterocycles. The van der Waals surface area contributed by atoms with Crippen LogP contribution in [-0.2, 0) is 6.18 Å². The molecule has 0 fully saturated rings. The van der Waals surface area contributed by atoms with E-state index < -0.39 is 48.0 Å². The summed E-state index contributed by atoms with van der Waals surface area (Å²) in [6.45, 7) is 2.05. The van der Waals surface area contributed by atoms with E-state index in [2.05, 4.69) is 0 Å². The predicted molar refractivity (Wildman–Crippen MR) is 117 cm³/mol. The number of aryl methyl sites for hydroxylation is 1. The molecule has 3 aromatic rings. The van der Waals surface area contributed by atoms with Crippen molar-refractivity contribution in [1.82, 2.24) is 0 Å². The molecule has 0 saturated heterocycles. The van der Waals surface area contributed by atoms with Gasteiger partial charge in [-0.2, -0.15) is 26.3 Å². The third kappa shape index (κ3) is 6.66. The Kier molecular flexibility index (Phi) is 7.64. The summed E-state index contributed by atoms with van der Waals surface area (Å²) < 4.78 is 99.4. The topological polar surface area (TPSA) is 32.7 Å². The summed E-state index contributed by atoms with van der Waals surface area (Å²) in [5.41, 5.74) is -0.627. The minimum absolute atomic E-state index is 0.0859. The van der Waals surface area contributed by atoms with Gasteiger partial charge in [-0.3, -0.25) is 0 Å². The standard InChI is InChI=1S/C25H22F7NO2/c1-15-5-3-7-19(11-15)35-20-8-4-6-18(13-20)33(14-23(34)25(30,31)32)16(2)21-12-17(24(27,28)29)9-10-22(21)26/h3-13,16,23,34H,14H2,1-2H3. The molecule has 0 aromatic heterocycles. The van der Waals surface area contributed by atoms with E-state index in [1.807, 2.05) is 13.0 Å². The average molecular weight is 501 g/mol. The van der Waals surface area contributed by atoms with Gasteiger partial charge in [0.15, 0.2) is 6.10 Å². The normalized spacial score (nSPS) is 13.9. The van der Waals surface area contributed by atoms with Gasteiger partial charge in [-0.25, -0.2) is 4.39 Å². The molecule has 3 nitrogen and oxygen atoms in total. The first-order valence-corrected chi connectivity index (χ1v) is 10.5. The van der Waals surface area contributed by atoms with Crippen LogP contribution in [0.25, 0.3) is 0 Å². The zero-order valence-electron chi connectivity index (χ0n) is 18.7. The maximum Gasteiger partial charge on any atom is 0.416 e. The summed E-state index contributed by atoms with van der Waals surface area (Å²) in [5.74, 6) is -0.332. The molecule has 2 unspecified atom stereocenters. The highest BCUT2D eigenvalue weighted by Crippen LogP contribution is 2.37. The minimum atomic E-state index is -5.00. The third-order valence-electron chi connectivity index (χ3n) is 5.36. The first-order valence-electron chi connectivity index (χ1n) is 10.5. The number of hydrogen-bond donors (Lipinski definition) is 1. The summed E-state index contributed by atoms with van der Waals surface area (Å²) >= 11 is 0. The van der Waals surface area contributed by atoms with Crippen LogP contribution in [0.3, 0.4) is 0 Å². The Hall–Kier alpha value is -3.27. The molecule has 0 radical (unpaired) electrons. The fourth-order valence-corrected chi connectivity index (χ4v) is 3.53. The van der Waals surface area contributed by atoms with Crippen molar-refractivity contribution < 1.29 is 40.6 Å². The Morgan fingerprint density at radius 3 is 2.11 bits per heavy atom. The van der Waals surface area contributed by atoms with Crippen LogP contribution < -0.4 is 9.64 Å². The van der Waals surface area contributed by atoms with Gasteiger partial charge in [-0.05, 0) is 61.9 Å². The van der Waals surface area contributed by atoms with Crippen LogP contribution >= 0.6 is 0 Å². The number of ether oxygens (including phenoxy) is 1. The highest BCUT2D eigenvalue weighted by atomic mass is 19.4. The number of aliphatic hydroxyl groups excluding tert-OH is 1. The number of rotatable bonds is 7. The highest BCUT2D eigenvalue weighted by molar-refractivity contribution is 5.54. The van der Waals surface area contributed by atoms with E-state index in [9.17, 15) is 35.8 Å². The summed E-state index contributed by atoms with van der Waals surface area (Å²) in [5, 5.41) is 9.73. The number of benzene rings is 3. The molecule has 0 aliphatic rings. The zero-order chi connectivity index (χ0) is 26.0. The van der Waals surface area contributed by atoms with E-state index in [4.69, 9.17) is 4.74 Å². The Labute approximate surface area is 197 Å². The maximum absolute atomic E-state index is 14.6. The van der Waals surface area contributed by atoms with E-state index in [0.29, 0.717) is 23.9 Å². The average Bonchev–Trinajstić information content (AvgIpc) is 2.76. The van der Waals surface area contributed by atoms with Crippen molar-refractivity contribution in [2.75, 3.05) is 11.4 Å². The lowest BCUT2D eigenvalue weighted by Crippen LogP contribution is -2.42. The van der Waals surface area contributed by atoms with Crippen LogP contribution in [-0.4, -0.2) is 23.9 Å². The second kappa shape index (κ2) is 10.2. The van der Waals surface area contributed by atoms with Gasteiger partial charge in [0.05, 0.1) is 18.2 Å². The summed E-state index contributed by atoms with van der Waals surface area (Å²) in [6.07, 6.45) is -12.6. The molecule has 0 bridgehead atoms. The number of hydrogen-bond acceptors (Lipinski definition) is 3. The number of anilines is 1. The van der Waals surface area contributed by atoms with Gasteiger partial charge in [-0.15, -0.1) is 0 Å². The monoisotopic (exact) mass is 501 g/mol. The Bertz CT molecular complexity index is 1160. The van der Waals surface area contributed by atoms with Crippen molar-refractivity contribution in [3.63, 3.8) is 0 Å². The predicted octanol–water partition coefficient (Wildman–Crippen LogP) is 7.44. The Morgan fingerprint density at radius 1 is 0.886 bits per heavy atom. The number of alkyl halides is 6. The fraction of sp³-hybridized carbons (Fsp3) is 0.280. The van der Waals surface area contributed by atoms with Gasteiger partial charge in [0.1, 0.15) is 17.3 Å². The van der Waals surface area contributed by atoms with Crippen molar-refractivity contribution in [1.29, 1.82) is 0 Å². The lowest BCUT2D eigenvalue weighted by atomic mass is 10.0. The molecule has 1 N–H and O–H groups in total. The van der Waals surface area contributed by atoms with Crippen molar-refractivity contribution in [2.24, 2.45) is 0 Å². The summed E-state index contributed by atoms with van der Waals surface area (Å²) in [7, 11) is 0. The fourth-order valence-electron chi connectivity index (χ4n) is 3.53. The SMILES string of the molecule is Cc1cccc(Oc2cccc(N(CC(O)C(F)(F)F)C(C)c3cc(C(F)(F)F)ccc3F)c2)c1. The lowest BCUT2D eigenvalue weighted by molar-refractivity contribution is -0.200. The van der Waals surface area contributed by atoms with Gasteiger partial charge < -0.3 is 14.7 Å². The smallest absolute Gasteiger partial charge is 0.416 e. The molecule has 2 atom stereocenters. The second-order valence-corrected chi connectivity index (χ2v) is 8.04. The van der Waals surface area contributed by atoms with Gasteiger partial charge in [0, 0.05) is 17.3 Å². The van der Waals surface area contributed by atoms with Crippen molar-refractivity contribution in [3.05, 3.63) is 89.2 Å². The summed E-state index contributed by atoms with van der Waals surface area (Å²) in [6, 6.07) is 13.2. The van der Waals surface area contributed by atoms with Crippen LogP contribution in [0.4, 0.5) is 36.4 Å². The van der Waals surface area contributed by atoms with Crippen LogP contribution in [0.1, 0.15) is 29.7 Å². The van der Waals surface area contributed by atoms with Gasteiger partial charge in [0.2, 0.25) is 0 Å². The van der Waals surface area contributed by atoms with Gasteiger partial charge in [-0.1, -0.05) is 18.2 Å². The molecular weight excluding hydrogens is 479 g/mol. The first-order chi connectivity index (χ1) is 16.3. The third-order valence-corrected chi connectivity index (χ3v) is 5.36. The van der Waals surface area contributed by atoms with Crippen molar-refractivity contribution in [2.45, 2.75) is 38.3 Å². The van der Waals surface area contributed by atoms with E-state index in [1.54, 1.807) is 24.3 Å². The molecule has 0 aliphatic carbocycles. The molecule has 3 rings (SSSR count). The summed E-state index contributed by atoms with van der Waals surface area (Å²) in [4.78, 5) is 0.986. The molecule has 0 saturated carbocycles. The largest absolute Gasteiger partial charge is 0.457 e. The van der Waals surface area contributed by atoms with Gasteiger partial charge >= 0.3 is 12.4 Å². The Balaban J connectivity index is 2.02. The molecule has 0 heterocycles. The van der Waals surface area contributed by atoms with Crippen LogP contribution in [0.15, 0.2) is 66.7 Å². The van der Waals surface area contributed by atoms with Crippen LogP contribution in [0, 0.1) is 12.7 Å². The molecule has 0 amide bonds. The number of nitrogens with zero attached hydrogens (tertiary/aromatic N) is 1. The molecule has 188 valence electrons. The van der Waals surface area contributed by atoms with E-state index >= 15 is 0 Å². The minimum Gasteiger partial charge on any atom is -0.457 e. The molecule has 3 aromatic carbocycles. The quantitative estimate of drug-likeness (QED) is 0.342. The van der Waals surface area contributed by atoms with Crippen molar-refractivity contribution >= 4 is 5.69 Å². The molecule has 0 spiro atoms. The maximum atomic E-state index is 14.6. The van der Waals surface area contributed by atoms with E-state index in [0.717, 1.165) is 10.5 Å². The molecule has 10 heteroatoms. The van der Waals surface area contributed by atoms with Gasteiger partial charge in [0.25, 0.3) is 0 Å². The van der Waals surface area contributed by atoms with E-state index in [-0.39, 0.29) is 11.4 Å². The van der Waals surface area contributed by atoms with E-state index in [1.165, 1.54) is 25.1 Å². The number of aliphatic hydroxyl groups is 1. The molecular formula is C25H22F7NO2. The first kappa shape index (κ1) is 26.3. The second-order valence-electron chi connectivity index (χ2n) is 8.04.